The van der Waals surface area contributed by atoms with Gasteiger partial charge in [0.15, 0.2) is 5.78 Å². The zero-order chi connectivity index (χ0) is 52.1. The molecule has 0 aromatic heterocycles. The van der Waals surface area contributed by atoms with Gasteiger partial charge in [0.2, 0.25) is 5.79 Å². The summed E-state index contributed by atoms with van der Waals surface area (Å²) in [7, 11) is 2.55. The summed E-state index contributed by atoms with van der Waals surface area (Å²) in [5, 5.41) is 23.5. The van der Waals surface area contributed by atoms with Crippen LogP contribution in [0.5, 0.6) is 0 Å². The number of nitrogens with zero attached hydrogens (tertiary/aromatic N) is 1. The van der Waals surface area contributed by atoms with Gasteiger partial charge < -0.3 is 47.8 Å². The Morgan fingerprint density at radius 1 is 0.857 bits per heavy atom. The summed E-state index contributed by atoms with van der Waals surface area (Å²) in [6, 6.07) is -1.17. The summed E-state index contributed by atoms with van der Waals surface area (Å²) < 4.78 is 53.4. The van der Waals surface area contributed by atoms with Crippen molar-refractivity contribution in [1.29, 1.82) is 0 Å². The van der Waals surface area contributed by atoms with Crippen molar-refractivity contribution < 1.29 is 71.5 Å². The number of ether oxygens (including phenoxy) is 5. The third-order valence-corrected chi connectivity index (χ3v) is 16.4. The highest BCUT2D eigenvalue weighted by Gasteiger charge is 2.53. The van der Waals surface area contributed by atoms with E-state index in [4.69, 9.17) is 32.7 Å². The first-order valence-electron chi connectivity index (χ1n) is 25.3. The number of aliphatic hydroxyl groups excluding tert-OH is 1. The molecule has 2 unspecified atom stereocenters. The molecule has 1 amide bonds. The Bertz CT molecular complexity index is 1970. The third kappa shape index (κ3) is 15.9. The number of Topliss-reactive ketones (excluding diaryl/α,β-unsaturated/α-hetero) is 3. The van der Waals surface area contributed by atoms with E-state index in [0.29, 0.717) is 69.8 Å². The van der Waals surface area contributed by atoms with Gasteiger partial charge in [-0.1, -0.05) is 71.1 Å². The molecule has 1 saturated carbocycles. The van der Waals surface area contributed by atoms with Gasteiger partial charge in [0.1, 0.15) is 30.1 Å². The van der Waals surface area contributed by atoms with E-state index in [9.17, 15) is 38.8 Å². The molecule has 3 fully saturated rings. The maximum atomic E-state index is 14.5. The number of carbonyl (C=O) groups excluding carboxylic acids is 5. The molecule has 1 aliphatic carbocycles. The number of esters is 1. The lowest BCUT2D eigenvalue weighted by Gasteiger charge is -2.42. The van der Waals surface area contributed by atoms with Crippen molar-refractivity contribution in [3.63, 3.8) is 0 Å². The molecule has 3 aliphatic heterocycles. The van der Waals surface area contributed by atoms with Gasteiger partial charge in [-0.25, -0.2) is 4.79 Å². The van der Waals surface area contributed by atoms with Crippen molar-refractivity contribution >= 4 is 36.8 Å². The molecule has 4 rings (SSSR count). The highest BCUT2D eigenvalue weighted by Crippen LogP contribution is 2.48. The number of ketones is 3. The van der Waals surface area contributed by atoms with Crippen LogP contribution < -0.4 is 0 Å². The third-order valence-electron chi connectivity index (χ3n) is 15.1. The first-order valence-corrected chi connectivity index (χ1v) is 27.3. The highest BCUT2D eigenvalue weighted by atomic mass is 31.2. The maximum absolute atomic E-state index is 14.5. The Kier molecular flexibility index (Phi) is 23.1. The molecule has 70 heavy (non-hydrogen) atoms. The van der Waals surface area contributed by atoms with E-state index < -0.39 is 97.6 Å². The number of piperidine rings is 1. The normalized spacial score (nSPS) is 38.1. The van der Waals surface area contributed by atoms with Crippen LogP contribution in [0.2, 0.25) is 0 Å². The number of fused-ring (bicyclic) bond motifs is 3. The molecule has 16 atom stereocenters. The van der Waals surface area contributed by atoms with Crippen LogP contribution in [0, 0.1) is 35.5 Å². The Hall–Kier alpha value is -3.18. The largest absolute Gasteiger partial charge is 0.460 e. The molecular weight excluding hydrogens is 922 g/mol. The molecule has 3 heterocycles. The van der Waals surface area contributed by atoms with Crippen molar-refractivity contribution in [1.82, 2.24) is 4.90 Å². The first-order chi connectivity index (χ1) is 33.0. The van der Waals surface area contributed by atoms with Gasteiger partial charge >= 0.3 is 13.6 Å². The van der Waals surface area contributed by atoms with Crippen LogP contribution >= 0.6 is 7.60 Å². The lowest BCUT2D eigenvalue weighted by atomic mass is 9.78. The second-order valence-corrected chi connectivity index (χ2v) is 22.7. The number of cyclic esters (lactones) is 1. The van der Waals surface area contributed by atoms with Crippen LogP contribution in [0.15, 0.2) is 47.6 Å². The zero-order valence-electron chi connectivity index (χ0n) is 43.8. The molecule has 16 nitrogen and oxygen atoms in total. The number of amides is 1. The zero-order valence-corrected chi connectivity index (χ0v) is 44.7. The van der Waals surface area contributed by atoms with Crippen LogP contribution in [-0.4, -0.2) is 141 Å². The van der Waals surface area contributed by atoms with E-state index >= 15 is 0 Å². The molecule has 0 aromatic rings. The fourth-order valence-electron chi connectivity index (χ4n) is 10.5. The van der Waals surface area contributed by atoms with Gasteiger partial charge in [0, 0.05) is 72.2 Å². The smallest absolute Gasteiger partial charge is 0.329 e. The molecule has 0 spiro atoms. The van der Waals surface area contributed by atoms with Crippen molar-refractivity contribution in [3.05, 3.63) is 47.6 Å². The minimum Gasteiger partial charge on any atom is -0.460 e. The molecule has 2 N–H and O–H groups in total. The Morgan fingerprint density at radius 2 is 1.57 bits per heavy atom. The Labute approximate surface area is 416 Å². The fourth-order valence-corrected chi connectivity index (χ4v) is 11.3. The summed E-state index contributed by atoms with van der Waals surface area (Å²) in [5.41, 5.74) is 1.24. The SMILES string of the molecule is CO[C@H]1C[C@@H]2CC[C@@H](C)[C@@](O)(O2)C(=O)C(=O)N2CCCCC2C(=O)O[C@H]([C@H](C)C[C@@H]2CC[C@@H](OP(C)(=O)OC)[C@H](OC)C2)CC(=O)[C@H](C)/C=C(\C)[C@@H](O)[C@@H](OC)C(=O)[C@H](C)C[C@H](C)/C=C/C=CC=C1C. The number of rotatable bonds is 9. The van der Waals surface area contributed by atoms with Crippen molar-refractivity contribution in [3.8, 4) is 0 Å². The average molecular weight is 1010 g/mol. The summed E-state index contributed by atoms with van der Waals surface area (Å²) in [6.45, 7) is 14.1. The highest BCUT2D eigenvalue weighted by molar-refractivity contribution is 7.52. The summed E-state index contributed by atoms with van der Waals surface area (Å²) in [5.74, 6) is -8.26. The predicted octanol–water partition coefficient (Wildman–Crippen LogP) is 7.67. The second kappa shape index (κ2) is 27.2. The number of hydrogen-bond acceptors (Lipinski definition) is 15. The predicted molar refractivity (Wildman–Crippen MR) is 265 cm³/mol. The van der Waals surface area contributed by atoms with E-state index in [1.54, 1.807) is 41.1 Å². The van der Waals surface area contributed by atoms with Crippen LogP contribution in [0.1, 0.15) is 126 Å². The Balaban J connectivity index is 1.70. The molecule has 2 bridgehead atoms. The van der Waals surface area contributed by atoms with Crippen molar-refractivity contribution in [2.24, 2.45) is 35.5 Å². The summed E-state index contributed by atoms with van der Waals surface area (Å²) >= 11 is 0. The minimum absolute atomic E-state index is 0.00690. The topological polar surface area (TPSA) is 211 Å². The van der Waals surface area contributed by atoms with Crippen LogP contribution in [0.4, 0.5) is 0 Å². The van der Waals surface area contributed by atoms with Gasteiger partial charge in [0.25, 0.3) is 11.7 Å². The molecule has 396 valence electrons. The number of hydrogen-bond donors (Lipinski definition) is 2. The molecule has 4 aliphatic rings. The van der Waals surface area contributed by atoms with Gasteiger partial charge in [-0.2, -0.15) is 0 Å². The molecular formula is C53H84NO15P. The number of allylic oxidation sites excluding steroid dienone is 6. The lowest BCUT2D eigenvalue weighted by molar-refractivity contribution is -0.265. The van der Waals surface area contributed by atoms with Gasteiger partial charge in [-0.3, -0.25) is 23.7 Å². The van der Waals surface area contributed by atoms with Crippen molar-refractivity contribution in [2.75, 3.05) is 41.6 Å². The van der Waals surface area contributed by atoms with Crippen LogP contribution in [0.3, 0.4) is 0 Å². The average Bonchev–Trinajstić information content (AvgIpc) is 3.33. The molecule has 2 saturated heterocycles. The number of carbonyl (C=O) groups is 5. The van der Waals surface area contributed by atoms with E-state index in [1.807, 2.05) is 58.1 Å². The monoisotopic (exact) mass is 1010 g/mol. The number of aliphatic hydroxyl groups is 2. The van der Waals surface area contributed by atoms with Crippen molar-refractivity contribution in [2.45, 2.75) is 180 Å². The maximum Gasteiger partial charge on any atom is 0.329 e. The number of methoxy groups -OCH3 is 3. The van der Waals surface area contributed by atoms with Gasteiger partial charge in [-0.05, 0) is 107 Å². The van der Waals surface area contributed by atoms with Gasteiger partial charge in [0.05, 0.1) is 24.4 Å². The molecule has 17 heteroatoms. The molecule has 0 radical (unpaired) electrons. The summed E-state index contributed by atoms with van der Waals surface area (Å²) in [6.07, 6.45) is 10.8. The minimum atomic E-state index is -3.30. The Morgan fingerprint density at radius 3 is 2.23 bits per heavy atom. The van der Waals surface area contributed by atoms with Crippen LogP contribution in [0.25, 0.3) is 0 Å². The lowest BCUT2D eigenvalue weighted by Crippen LogP contribution is -2.61. The van der Waals surface area contributed by atoms with Crippen LogP contribution in [-0.2, 0) is 61.3 Å². The molecule has 0 aromatic carbocycles. The second-order valence-electron chi connectivity index (χ2n) is 20.6. The standard InChI is InChI=1S/C53H84NO15P/c1-32-18-14-13-15-19-33(2)44(63-8)30-40-23-21-38(7)53(61,68-40)50(58)51(59)54-25-17-16-20-41(54)52(60)67-45(35(4)28-39-22-24-43(46(29-39)64-9)69-70(12,62)66-11)31-42(55)34(3)27-37(6)48(57)49(65-10)47(56)36(5)26-32/h13-15,18-19,27,32,34-36,38-41,43-46,48-49,57,61H,16-17,20-26,28-31H2,1-12H3/b15-13?,18-14+,33-19?,37-27+/t32-,34-,35-,36-,38-,39+,40+,41?,43-,44+,45+,46-,48-,49+,53-,70?/m1/s1. The fraction of sp³-hybridized carbons (Fsp3) is 0.755. The van der Waals surface area contributed by atoms with E-state index in [-0.39, 0.29) is 48.7 Å². The van der Waals surface area contributed by atoms with E-state index in [2.05, 4.69) is 0 Å². The van der Waals surface area contributed by atoms with Gasteiger partial charge in [-0.15, -0.1) is 0 Å². The van der Waals surface area contributed by atoms with E-state index in [1.165, 1.54) is 25.8 Å². The first kappa shape index (κ1) is 59.4. The van der Waals surface area contributed by atoms with E-state index in [0.717, 1.165) is 5.57 Å². The summed E-state index contributed by atoms with van der Waals surface area (Å²) in [4.78, 5) is 72.3. The quantitative estimate of drug-likeness (QED) is 0.0982.